The Morgan fingerprint density at radius 3 is 2.60 bits per heavy atom. The second-order valence-corrected chi connectivity index (χ2v) is 9.10. The van der Waals surface area contributed by atoms with Gasteiger partial charge in [0.05, 0.1) is 5.69 Å². The Labute approximate surface area is 152 Å². The van der Waals surface area contributed by atoms with Gasteiger partial charge in [-0.05, 0) is 64.1 Å². The molecule has 0 aliphatic carbocycles. The fraction of sp³-hybridized carbons (Fsp3) is 0.684. The number of fused-ring (bicyclic) bond motifs is 1. The number of aryl methyl sites for hydroxylation is 1. The smallest absolute Gasteiger partial charge is 0.298 e. The number of para-hydroxylation sites is 1. The third-order valence-corrected chi connectivity index (χ3v) is 7.14. The molecule has 2 unspecified atom stereocenters. The molecule has 1 aromatic carbocycles. The molecule has 0 aromatic heterocycles. The lowest BCUT2D eigenvalue weighted by Crippen LogP contribution is -2.46. The molecule has 25 heavy (non-hydrogen) atoms. The van der Waals surface area contributed by atoms with Crippen molar-refractivity contribution in [1.29, 1.82) is 0 Å². The van der Waals surface area contributed by atoms with E-state index < -0.39 is 10.2 Å². The van der Waals surface area contributed by atoms with Crippen LogP contribution < -0.4 is 9.03 Å². The molecule has 0 bridgehead atoms. The van der Waals surface area contributed by atoms with Gasteiger partial charge in [0.25, 0.3) is 0 Å². The van der Waals surface area contributed by atoms with E-state index in [4.69, 9.17) is 0 Å². The van der Waals surface area contributed by atoms with Crippen molar-refractivity contribution in [2.45, 2.75) is 64.5 Å². The molecule has 2 atom stereocenters. The van der Waals surface area contributed by atoms with Gasteiger partial charge in [0, 0.05) is 25.2 Å². The maximum Gasteiger partial charge on any atom is 0.301 e. The summed E-state index contributed by atoms with van der Waals surface area (Å²) in [4.78, 5) is 2.52. The van der Waals surface area contributed by atoms with Crippen LogP contribution in [0, 0.1) is 0 Å². The van der Waals surface area contributed by atoms with Crippen molar-refractivity contribution in [1.82, 2.24) is 9.62 Å². The van der Waals surface area contributed by atoms with Crippen LogP contribution in [0.15, 0.2) is 24.3 Å². The quantitative estimate of drug-likeness (QED) is 0.789. The minimum absolute atomic E-state index is 0.497. The summed E-state index contributed by atoms with van der Waals surface area (Å²) in [5, 5.41) is 0. The highest BCUT2D eigenvalue weighted by atomic mass is 32.2. The average Bonchev–Trinajstić information content (AvgIpc) is 2.60. The molecule has 140 valence electrons. The van der Waals surface area contributed by atoms with Gasteiger partial charge in [-0.25, -0.2) is 0 Å². The first kappa shape index (κ1) is 18.7. The summed E-state index contributed by atoms with van der Waals surface area (Å²) in [7, 11) is -3.46. The van der Waals surface area contributed by atoms with Crippen molar-refractivity contribution in [3.63, 3.8) is 0 Å². The number of hydrogen-bond acceptors (Lipinski definition) is 3. The zero-order valence-electron chi connectivity index (χ0n) is 15.4. The standard InChI is InChI=1S/C19H31N3O2S/c1-16-8-5-9-17(2)21(16)14-7-13-20-25(23,24)22-15-6-11-18-10-3-4-12-19(18)22/h3-4,10,12,16-17,20H,5-9,11,13-15H2,1-2H3. The van der Waals surface area contributed by atoms with Gasteiger partial charge in [0.2, 0.25) is 0 Å². The predicted molar refractivity (Wildman–Crippen MR) is 103 cm³/mol. The molecule has 2 aliphatic heterocycles. The monoisotopic (exact) mass is 365 g/mol. The van der Waals surface area contributed by atoms with Crippen LogP contribution in [-0.4, -0.2) is 45.0 Å². The van der Waals surface area contributed by atoms with Crippen molar-refractivity contribution in [2.75, 3.05) is 23.9 Å². The third-order valence-electron chi connectivity index (χ3n) is 5.61. The first-order valence-corrected chi connectivity index (χ1v) is 11.0. The number of anilines is 1. The molecule has 2 aliphatic rings. The molecule has 1 N–H and O–H groups in total. The largest absolute Gasteiger partial charge is 0.301 e. The molecule has 0 radical (unpaired) electrons. The summed E-state index contributed by atoms with van der Waals surface area (Å²) in [5.41, 5.74) is 1.95. The van der Waals surface area contributed by atoms with E-state index in [1.807, 2.05) is 24.3 Å². The molecular weight excluding hydrogens is 334 g/mol. The van der Waals surface area contributed by atoms with Crippen molar-refractivity contribution in [2.24, 2.45) is 0 Å². The van der Waals surface area contributed by atoms with Crippen LogP contribution in [0.3, 0.4) is 0 Å². The van der Waals surface area contributed by atoms with Crippen LogP contribution in [0.5, 0.6) is 0 Å². The van der Waals surface area contributed by atoms with Crippen molar-refractivity contribution >= 4 is 15.9 Å². The van der Waals surface area contributed by atoms with Gasteiger partial charge in [-0.1, -0.05) is 24.6 Å². The van der Waals surface area contributed by atoms with E-state index in [0.29, 0.717) is 25.2 Å². The summed E-state index contributed by atoms with van der Waals surface area (Å²) in [6.45, 7) is 6.58. The van der Waals surface area contributed by atoms with Crippen LogP contribution in [0.4, 0.5) is 5.69 Å². The number of nitrogens with zero attached hydrogens (tertiary/aromatic N) is 2. The Morgan fingerprint density at radius 1 is 1.12 bits per heavy atom. The molecule has 0 spiro atoms. The number of benzene rings is 1. The molecule has 1 saturated heterocycles. The average molecular weight is 366 g/mol. The summed E-state index contributed by atoms with van der Waals surface area (Å²) in [6, 6.07) is 9.03. The van der Waals surface area contributed by atoms with Gasteiger partial charge < -0.3 is 0 Å². The lowest BCUT2D eigenvalue weighted by atomic mass is 9.97. The van der Waals surface area contributed by atoms with E-state index in [0.717, 1.165) is 37.1 Å². The Bertz CT molecular complexity index is 667. The van der Waals surface area contributed by atoms with Crippen LogP contribution in [0.25, 0.3) is 0 Å². The van der Waals surface area contributed by atoms with E-state index in [1.54, 1.807) is 0 Å². The molecule has 1 aromatic rings. The van der Waals surface area contributed by atoms with Gasteiger partial charge in [0.1, 0.15) is 0 Å². The van der Waals surface area contributed by atoms with Gasteiger partial charge >= 0.3 is 10.2 Å². The minimum Gasteiger partial charge on any atom is -0.298 e. The van der Waals surface area contributed by atoms with Gasteiger partial charge in [-0.3, -0.25) is 9.21 Å². The van der Waals surface area contributed by atoms with E-state index in [9.17, 15) is 8.42 Å². The topological polar surface area (TPSA) is 52.7 Å². The second-order valence-electron chi connectivity index (χ2n) is 7.42. The molecule has 0 saturated carbocycles. The molecule has 0 amide bonds. The fourth-order valence-electron chi connectivity index (χ4n) is 4.20. The zero-order chi connectivity index (χ0) is 17.9. The maximum atomic E-state index is 12.7. The number of piperidine rings is 1. The van der Waals surface area contributed by atoms with Crippen LogP contribution in [0.1, 0.15) is 51.5 Å². The highest BCUT2D eigenvalue weighted by Gasteiger charge is 2.27. The molecular formula is C19H31N3O2S. The predicted octanol–water partition coefficient (Wildman–Crippen LogP) is 2.93. The molecule has 6 heteroatoms. The number of hydrogen-bond donors (Lipinski definition) is 1. The fourth-order valence-corrected chi connectivity index (χ4v) is 5.57. The van der Waals surface area contributed by atoms with Crippen LogP contribution in [-0.2, 0) is 16.6 Å². The third kappa shape index (κ3) is 4.36. The molecule has 5 nitrogen and oxygen atoms in total. The Morgan fingerprint density at radius 2 is 1.84 bits per heavy atom. The van der Waals surface area contributed by atoms with E-state index in [1.165, 1.54) is 23.6 Å². The first-order chi connectivity index (χ1) is 12.0. The molecule has 2 heterocycles. The Balaban J connectivity index is 1.54. The van der Waals surface area contributed by atoms with Gasteiger partial charge in [-0.15, -0.1) is 0 Å². The normalized spacial score (nSPS) is 25.0. The Hall–Kier alpha value is -1.11. The molecule has 1 fully saturated rings. The lowest BCUT2D eigenvalue weighted by Gasteiger charge is -2.39. The summed E-state index contributed by atoms with van der Waals surface area (Å²) in [6.07, 6.45) is 6.48. The number of rotatable bonds is 6. The lowest BCUT2D eigenvalue weighted by molar-refractivity contribution is 0.103. The van der Waals surface area contributed by atoms with E-state index in [-0.39, 0.29) is 0 Å². The van der Waals surface area contributed by atoms with Crippen LogP contribution >= 0.6 is 0 Å². The summed E-state index contributed by atoms with van der Waals surface area (Å²) >= 11 is 0. The number of likely N-dealkylation sites (tertiary alicyclic amines) is 1. The SMILES string of the molecule is CC1CCCC(C)N1CCCNS(=O)(=O)N1CCCc2ccccc21. The van der Waals surface area contributed by atoms with Gasteiger partial charge in [-0.2, -0.15) is 13.1 Å². The van der Waals surface area contributed by atoms with Crippen molar-refractivity contribution < 1.29 is 8.42 Å². The second kappa shape index (κ2) is 8.06. The number of nitrogens with one attached hydrogen (secondary N) is 1. The van der Waals surface area contributed by atoms with Crippen molar-refractivity contribution in [3.8, 4) is 0 Å². The highest BCUT2D eigenvalue weighted by molar-refractivity contribution is 7.90. The zero-order valence-corrected chi connectivity index (χ0v) is 16.3. The first-order valence-electron chi connectivity index (χ1n) is 9.60. The summed E-state index contributed by atoms with van der Waals surface area (Å²) < 4.78 is 29.8. The van der Waals surface area contributed by atoms with E-state index in [2.05, 4.69) is 23.5 Å². The maximum absolute atomic E-state index is 12.7. The minimum atomic E-state index is -3.46. The highest BCUT2D eigenvalue weighted by Crippen LogP contribution is 2.28. The van der Waals surface area contributed by atoms with Crippen LogP contribution in [0.2, 0.25) is 0 Å². The molecule has 3 rings (SSSR count). The Kier molecular flexibility index (Phi) is 6.02. The van der Waals surface area contributed by atoms with Crippen molar-refractivity contribution in [3.05, 3.63) is 29.8 Å². The summed E-state index contributed by atoms with van der Waals surface area (Å²) in [5.74, 6) is 0. The van der Waals surface area contributed by atoms with Gasteiger partial charge in [0.15, 0.2) is 0 Å². The van der Waals surface area contributed by atoms with E-state index >= 15 is 0 Å².